The van der Waals surface area contributed by atoms with Crippen molar-refractivity contribution in [1.29, 1.82) is 0 Å². The molecule has 0 spiro atoms. The summed E-state index contributed by atoms with van der Waals surface area (Å²) in [6.07, 6.45) is 0. The summed E-state index contributed by atoms with van der Waals surface area (Å²) in [6.45, 7) is 0.644. The number of carbonyl (C=O) groups is 1. The lowest BCUT2D eigenvalue weighted by Gasteiger charge is -2.09. The number of primary amides is 1. The normalized spacial score (nSPS) is 11.1. The fraction of sp³-hybridized carbons (Fsp3) is 0.158. The quantitative estimate of drug-likeness (QED) is 0.430. The molecule has 9 heteroatoms. The molecule has 6 nitrogen and oxygen atoms in total. The van der Waals surface area contributed by atoms with E-state index in [0.717, 1.165) is 21.2 Å². The Kier molecular flexibility index (Phi) is 5.94. The van der Waals surface area contributed by atoms with Gasteiger partial charge >= 0.3 is 0 Å². The number of carbonyl (C=O) groups excluding carboxylic acids is 1. The molecular formula is C19H17N5OS3. The third-order valence-electron chi connectivity index (χ3n) is 3.92. The Hall–Kier alpha value is -2.36. The number of aromatic nitrogens is 4. The van der Waals surface area contributed by atoms with E-state index in [4.69, 9.17) is 5.73 Å². The second kappa shape index (κ2) is 8.76. The predicted molar refractivity (Wildman–Crippen MR) is 115 cm³/mol. The molecule has 28 heavy (non-hydrogen) atoms. The third-order valence-corrected chi connectivity index (χ3v) is 7.08. The molecule has 0 aliphatic carbocycles. The van der Waals surface area contributed by atoms with E-state index in [0.29, 0.717) is 17.5 Å². The number of amides is 1. The molecule has 4 aromatic rings. The molecule has 0 aliphatic heterocycles. The molecule has 4 rings (SSSR count). The van der Waals surface area contributed by atoms with Gasteiger partial charge in [0.2, 0.25) is 5.91 Å². The van der Waals surface area contributed by atoms with Crippen molar-refractivity contribution in [2.45, 2.75) is 21.8 Å². The van der Waals surface area contributed by atoms with E-state index in [1.807, 2.05) is 41.0 Å². The number of nitrogens with zero attached hydrogens (tertiary/aromatic N) is 4. The zero-order chi connectivity index (χ0) is 19.3. The Morgan fingerprint density at radius 3 is 2.61 bits per heavy atom. The van der Waals surface area contributed by atoms with Crippen LogP contribution in [-0.2, 0) is 17.1 Å². The number of fused-ring (bicyclic) bond motifs is 1. The Morgan fingerprint density at radius 1 is 1.04 bits per heavy atom. The van der Waals surface area contributed by atoms with Crippen molar-refractivity contribution in [2.75, 3.05) is 5.75 Å². The van der Waals surface area contributed by atoms with E-state index in [2.05, 4.69) is 33.4 Å². The van der Waals surface area contributed by atoms with Gasteiger partial charge in [-0.2, -0.15) is 0 Å². The maximum absolute atomic E-state index is 11.2. The van der Waals surface area contributed by atoms with Crippen molar-refractivity contribution in [3.05, 3.63) is 66.0 Å². The van der Waals surface area contributed by atoms with E-state index < -0.39 is 0 Å². The van der Waals surface area contributed by atoms with Gasteiger partial charge in [-0.05, 0) is 17.7 Å². The molecule has 0 saturated carbocycles. The van der Waals surface area contributed by atoms with Gasteiger partial charge in [0.15, 0.2) is 9.50 Å². The van der Waals surface area contributed by atoms with E-state index in [-0.39, 0.29) is 11.7 Å². The molecule has 0 bridgehead atoms. The number of benzene rings is 2. The molecule has 0 atom stereocenters. The molecule has 0 radical (unpaired) electrons. The van der Waals surface area contributed by atoms with Crippen LogP contribution in [-0.4, -0.2) is 31.4 Å². The first-order valence-electron chi connectivity index (χ1n) is 8.54. The minimum Gasteiger partial charge on any atom is -0.369 e. The van der Waals surface area contributed by atoms with E-state index in [9.17, 15) is 4.79 Å². The summed E-state index contributed by atoms with van der Waals surface area (Å²) >= 11 is 4.63. The molecule has 142 valence electrons. The highest BCUT2D eigenvalue weighted by Crippen LogP contribution is 2.31. The van der Waals surface area contributed by atoms with Gasteiger partial charge in [0.05, 0.1) is 28.3 Å². The molecule has 1 amide bonds. The second-order valence-corrected chi connectivity index (χ2v) is 9.16. The highest BCUT2D eigenvalue weighted by atomic mass is 32.2. The van der Waals surface area contributed by atoms with Gasteiger partial charge < -0.3 is 10.3 Å². The number of hydrogen-bond acceptors (Lipinski definition) is 7. The minimum absolute atomic E-state index is 0.179. The maximum atomic E-state index is 11.2. The van der Waals surface area contributed by atoms with Crippen molar-refractivity contribution < 1.29 is 4.79 Å². The Morgan fingerprint density at radius 2 is 1.82 bits per heavy atom. The van der Waals surface area contributed by atoms with Crippen molar-refractivity contribution in [3.8, 4) is 0 Å². The number of para-hydroxylation sites is 1. The first kappa shape index (κ1) is 19.0. The summed E-state index contributed by atoms with van der Waals surface area (Å²) in [6, 6.07) is 18.2. The summed E-state index contributed by atoms with van der Waals surface area (Å²) in [5.74, 6) is 1.30. The minimum atomic E-state index is -0.371. The van der Waals surface area contributed by atoms with Crippen LogP contribution >= 0.6 is 34.9 Å². The summed E-state index contributed by atoms with van der Waals surface area (Å²) < 4.78 is 4.22. The number of hydrogen-bond donors (Lipinski definition) is 1. The van der Waals surface area contributed by atoms with Crippen LogP contribution in [0.25, 0.3) is 10.2 Å². The number of thioether (sulfide) groups is 2. The van der Waals surface area contributed by atoms with Crippen LogP contribution in [0.1, 0.15) is 11.4 Å². The Balaban J connectivity index is 1.55. The molecule has 2 heterocycles. The third kappa shape index (κ3) is 4.54. The highest BCUT2D eigenvalue weighted by Gasteiger charge is 2.15. The highest BCUT2D eigenvalue weighted by molar-refractivity contribution is 8.00. The van der Waals surface area contributed by atoms with Crippen LogP contribution in [0, 0.1) is 0 Å². The number of thiazole rings is 1. The van der Waals surface area contributed by atoms with Gasteiger partial charge in [0.1, 0.15) is 5.82 Å². The zero-order valence-corrected chi connectivity index (χ0v) is 17.3. The van der Waals surface area contributed by atoms with Gasteiger partial charge in [-0.3, -0.25) is 4.79 Å². The smallest absolute Gasteiger partial charge is 0.227 e. The molecule has 2 aromatic carbocycles. The van der Waals surface area contributed by atoms with Crippen LogP contribution in [0.5, 0.6) is 0 Å². The molecule has 0 unspecified atom stereocenters. The van der Waals surface area contributed by atoms with E-state index >= 15 is 0 Å². The largest absolute Gasteiger partial charge is 0.369 e. The first-order valence-corrected chi connectivity index (χ1v) is 11.3. The molecule has 2 aromatic heterocycles. The lowest BCUT2D eigenvalue weighted by Crippen LogP contribution is -2.14. The van der Waals surface area contributed by atoms with E-state index in [1.165, 1.54) is 16.5 Å². The van der Waals surface area contributed by atoms with Crippen LogP contribution in [0.3, 0.4) is 0 Å². The van der Waals surface area contributed by atoms with Crippen molar-refractivity contribution in [3.63, 3.8) is 0 Å². The molecule has 0 saturated heterocycles. The predicted octanol–water partition coefficient (Wildman–Crippen LogP) is 3.81. The lowest BCUT2D eigenvalue weighted by molar-refractivity contribution is -0.115. The van der Waals surface area contributed by atoms with Crippen LogP contribution in [0.2, 0.25) is 0 Å². The van der Waals surface area contributed by atoms with Gasteiger partial charge in [0, 0.05) is 0 Å². The van der Waals surface area contributed by atoms with Gasteiger partial charge in [-0.25, -0.2) is 4.98 Å². The Labute approximate surface area is 174 Å². The van der Waals surface area contributed by atoms with Crippen LogP contribution in [0.4, 0.5) is 0 Å². The summed E-state index contributed by atoms with van der Waals surface area (Å²) in [4.78, 5) is 15.8. The van der Waals surface area contributed by atoms with Crippen LogP contribution < -0.4 is 5.73 Å². The Bertz CT molecular complexity index is 1060. The van der Waals surface area contributed by atoms with Crippen LogP contribution in [0.15, 0.2) is 64.1 Å². The average Bonchev–Trinajstić information content (AvgIpc) is 3.29. The standard InChI is InChI=1S/C19H17N5OS3/c20-16(25)11-26-18-23-22-17(24(18)10-13-6-2-1-3-7-13)12-27-19-21-14-8-4-5-9-15(14)28-19/h1-9H,10-12H2,(H2,20,25). The monoisotopic (exact) mass is 427 g/mol. The molecule has 2 N–H and O–H groups in total. The number of nitrogens with two attached hydrogens (primary N) is 1. The van der Waals surface area contributed by atoms with Crippen molar-refractivity contribution in [2.24, 2.45) is 5.73 Å². The lowest BCUT2D eigenvalue weighted by atomic mass is 10.2. The van der Waals surface area contributed by atoms with Crippen molar-refractivity contribution >= 4 is 51.0 Å². The van der Waals surface area contributed by atoms with Gasteiger partial charge in [-0.1, -0.05) is 66.0 Å². The first-order chi connectivity index (χ1) is 13.7. The fourth-order valence-corrected chi connectivity index (χ4v) is 5.34. The summed E-state index contributed by atoms with van der Waals surface area (Å²) in [5.41, 5.74) is 7.45. The molecular weight excluding hydrogens is 410 g/mol. The van der Waals surface area contributed by atoms with Crippen molar-refractivity contribution in [1.82, 2.24) is 19.7 Å². The second-order valence-electron chi connectivity index (χ2n) is 5.96. The van der Waals surface area contributed by atoms with E-state index in [1.54, 1.807) is 23.1 Å². The maximum Gasteiger partial charge on any atom is 0.227 e. The van der Waals surface area contributed by atoms with Gasteiger partial charge in [0.25, 0.3) is 0 Å². The topological polar surface area (TPSA) is 86.7 Å². The zero-order valence-electron chi connectivity index (χ0n) is 14.8. The molecule has 0 fully saturated rings. The number of rotatable bonds is 8. The molecule has 0 aliphatic rings. The average molecular weight is 428 g/mol. The van der Waals surface area contributed by atoms with Gasteiger partial charge in [-0.15, -0.1) is 21.5 Å². The fourth-order valence-electron chi connectivity index (χ4n) is 2.63. The SMILES string of the molecule is NC(=O)CSc1nnc(CSc2nc3ccccc3s2)n1Cc1ccccc1. The summed E-state index contributed by atoms with van der Waals surface area (Å²) in [7, 11) is 0. The summed E-state index contributed by atoms with van der Waals surface area (Å²) in [5, 5.41) is 9.33.